The Bertz CT molecular complexity index is 380. The van der Waals surface area contributed by atoms with Crippen LogP contribution in [0.1, 0.15) is 24.8 Å². The normalized spacial score (nSPS) is 13.9. The number of nitrogens with zero attached hydrogens (tertiary/aromatic N) is 1. The maximum atomic E-state index is 12.4. The van der Waals surface area contributed by atoms with Crippen molar-refractivity contribution in [3.63, 3.8) is 0 Å². The molecule has 2 unspecified atom stereocenters. The highest BCUT2D eigenvalue weighted by atomic mass is 16.5. The Balaban J connectivity index is 2.68. The summed E-state index contributed by atoms with van der Waals surface area (Å²) in [5, 5.41) is 9.67. The van der Waals surface area contributed by atoms with Gasteiger partial charge in [0.2, 0.25) is 5.91 Å². The van der Waals surface area contributed by atoms with Crippen molar-refractivity contribution in [2.45, 2.75) is 25.4 Å². The van der Waals surface area contributed by atoms with Crippen molar-refractivity contribution in [1.82, 2.24) is 4.90 Å². The summed E-state index contributed by atoms with van der Waals surface area (Å²) >= 11 is 0. The Kier molecular flexibility index (Phi) is 6.53. The van der Waals surface area contributed by atoms with Crippen molar-refractivity contribution >= 4 is 5.91 Å². The van der Waals surface area contributed by atoms with Crippen LogP contribution < -0.4 is 0 Å². The van der Waals surface area contributed by atoms with Crippen LogP contribution in [0.5, 0.6) is 0 Å². The fraction of sp³-hybridized carbons (Fsp3) is 0.533. The van der Waals surface area contributed by atoms with E-state index in [2.05, 4.69) is 0 Å². The van der Waals surface area contributed by atoms with Crippen LogP contribution in [0.25, 0.3) is 0 Å². The highest BCUT2D eigenvalue weighted by molar-refractivity contribution is 5.83. The molecule has 0 heterocycles. The fourth-order valence-corrected chi connectivity index (χ4v) is 2.16. The molecule has 1 N–H and O–H groups in total. The summed E-state index contributed by atoms with van der Waals surface area (Å²) in [5.41, 5.74) is 1.02. The van der Waals surface area contributed by atoms with Crippen molar-refractivity contribution < 1.29 is 14.6 Å². The van der Waals surface area contributed by atoms with Crippen LogP contribution in [0, 0.1) is 0 Å². The molecule has 19 heavy (non-hydrogen) atoms. The van der Waals surface area contributed by atoms with Gasteiger partial charge in [0.1, 0.15) is 0 Å². The number of likely N-dealkylation sites (N-methyl/N-ethyl adjacent to an activating group) is 1. The van der Waals surface area contributed by atoms with Crippen LogP contribution in [0.15, 0.2) is 30.3 Å². The monoisotopic (exact) mass is 265 g/mol. The van der Waals surface area contributed by atoms with Crippen molar-refractivity contribution in [1.29, 1.82) is 0 Å². The minimum Gasteiger partial charge on any atom is -0.389 e. The highest BCUT2D eigenvalue weighted by Crippen LogP contribution is 2.21. The van der Waals surface area contributed by atoms with Crippen LogP contribution in [0.3, 0.4) is 0 Å². The van der Waals surface area contributed by atoms with Crippen molar-refractivity contribution in [2.75, 3.05) is 27.3 Å². The Morgan fingerprint density at radius 3 is 2.53 bits per heavy atom. The van der Waals surface area contributed by atoms with Crippen molar-refractivity contribution in [3.05, 3.63) is 35.9 Å². The number of benzene rings is 1. The molecule has 0 spiro atoms. The number of methoxy groups -OCH3 is 1. The van der Waals surface area contributed by atoms with E-state index in [9.17, 15) is 9.90 Å². The van der Waals surface area contributed by atoms with Gasteiger partial charge in [0.05, 0.1) is 18.6 Å². The molecule has 4 nitrogen and oxygen atoms in total. The largest absolute Gasteiger partial charge is 0.389 e. The molecular weight excluding hydrogens is 242 g/mol. The standard InChI is InChI=1S/C15H23NO3/c1-4-14(12-8-6-5-7-9-12)15(18)16(2)10-13(17)11-19-3/h5-9,13-14,17H,4,10-11H2,1-3H3. The molecule has 1 rings (SSSR count). The van der Waals surface area contributed by atoms with E-state index in [-0.39, 0.29) is 25.0 Å². The maximum absolute atomic E-state index is 12.4. The highest BCUT2D eigenvalue weighted by Gasteiger charge is 2.23. The summed E-state index contributed by atoms with van der Waals surface area (Å²) in [6.45, 7) is 2.52. The third-order valence-electron chi connectivity index (χ3n) is 3.13. The molecule has 1 aromatic rings. The third kappa shape index (κ3) is 4.65. The number of hydrogen-bond donors (Lipinski definition) is 1. The maximum Gasteiger partial charge on any atom is 0.229 e. The molecule has 1 aromatic carbocycles. The molecule has 0 bridgehead atoms. The number of aliphatic hydroxyl groups excluding tert-OH is 1. The van der Waals surface area contributed by atoms with E-state index in [1.165, 1.54) is 7.11 Å². The number of aliphatic hydroxyl groups is 1. The smallest absolute Gasteiger partial charge is 0.229 e. The lowest BCUT2D eigenvalue weighted by molar-refractivity contribution is -0.133. The predicted octanol–water partition coefficient (Wildman–Crippen LogP) is 1.65. The van der Waals surface area contributed by atoms with Gasteiger partial charge >= 0.3 is 0 Å². The average Bonchev–Trinajstić information content (AvgIpc) is 2.40. The third-order valence-corrected chi connectivity index (χ3v) is 3.13. The van der Waals surface area contributed by atoms with E-state index in [1.807, 2.05) is 37.3 Å². The van der Waals surface area contributed by atoms with Gasteiger partial charge in [0.15, 0.2) is 0 Å². The molecule has 106 valence electrons. The van der Waals surface area contributed by atoms with Gasteiger partial charge in [-0.25, -0.2) is 0 Å². The number of amides is 1. The molecule has 0 fully saturated rings. The van der Waals surface area contributed by atoms with Gasteiger partial charge in [-0.1, -0.05) is 37.3 Å². The zero-order valence-electron chi connectivity index (χ0n) is 11.9. The van der Waals surface area contributed by atoms with Crippen LogP contribution in [-0.2, 0) is 9.53 Å². The van der Waals surface area contributed by atoms with E-state index < -0.39 is 6.10 Å². The predicted molar refractivity (Wildman–Crippen MR) is 75.0 cm³/mol. The molecule has 0 aliphatic rings. The summed E-state index contributed by atoms with van der Waals surface area (Å²) in [6.07, 6.45) is 0.0975. The number of carbonyl (C=O) groups excluding carboxylic acids is 1. The minimum absolute atomic E-state index is 0.0313. The summed E-state index contributed by atoms with van der Waals surface area (Å²) in [6, 6.07) is 9.74. The summed E-state index contributed by atoms with van der Waals surface area (Å²) in [7, 11) is 3.25. The second-order valence-electron chi connectivity index (χ2n) is 4.70. The van der Waals surface area contributed by atoms with Gasteiger partial charge < -0.3 is 14.7 Å². The lowest BCUT2D eigenvalue weighted by atomic mass is 9.95. The Morgan fingerprint density at radius 1 is 1.37 bits per heavy atom. The summed E-state index contributed by atoms with van der Waals surface area (Å²) < 4.78 is 4.87. The van der Waals surface area contributed by atoms with Crippen molar-refractivity contribution in [2.24, 2.45) is 0 Å². The van der Waals surface area contributed by atoms with Crippen molar-refractivity contribution in [3.8, 4) is 0 Å². The second kappa shape index (κ2) is 7.92. The quantitative estimate of drug-likeness (QED) is 0.815. The van der Waals surface area contributed by atoms with E-state index in [1.54, 1.807) is 11.9 Å². The Morgan fingerprint density at radius 2 is 2.00 bits per heavy atom. The van der Waals surface area contributed by atoms with Crippen LogP contribution in [-0.4, -0.2) is 49.3 Å². The van der Waals surface area contributed by atoms with E-state index in [4.69, 9.17) is 4.74 Å². The van der Waals surface area contributed by atoms with E-state index in [0.29, 0.717) is 0 Å². The van der Waals surface area contributed by atoms with Crippen LogP contribution in [0.2, 0.25) is 0 Å². The van der Waals surface area contributed by atoms with Gasteiger partial charge in [-0.3, -0.25) is 4.79 Å². The Hall–Kier alpha value is -1.39. The van der Waals surface area contributed by atoms with Gasteiger partial charge in [0, 0.05) is 20.7 Å². The first-order valence-electron chi connectivity index (χ1n) is 6.57. The zero-order chi connectivity index (χ0) is 14.3. The molecule has 0 aliphatic carbocycles. The molecule has 2 atom stereocenters. The summed E-state index contributed by atoms with van der Waals surface area (Å²) in [5.74, 6) is -0.121. The van der Waals surface area contributed by atoms with Crippen LogP contribution in [0.4, 0.5) is 0 Å². The molecule has 0 aromatic heterocycles. The summed E-state index contributed by atoms with van der Waals surface area (Å²) in [4.78, 5) is 14.0. The molecule has 0 saturated carbocycles. The molecule has 4 heteroatoms. The SMILES string of the molecule is CCC(C(=O)N(C)CC(O)COC)c1ccccc1. The van der Waals surface area contributed by atoms with Gasteiger partial charge in [-0.2, -0.15) is 0 Å². The average molecular weight is 265 g/mol. The molecule has 0 radical (unpaired) electrons. The first-order valence-corrected chi connectivity index (χ1v) is 6.57. The molecular formula is C15H23NO3. The first kappa shape index (κ1) is 15.7. The lowest BCUT2D eigenvalue weighted by Gasteiger charge is -2.25. The number of ether oxygens (including phenoxy) is 1. The number of carbonyl (C=O) groups is 1. The fourth-order valence-electron chi connectivity index (χ4n) is 2.16. The first-order chi connectivity index (χ1) is 9.10. The zero-order valence-corrected chi connectivity index (χ0v) is 11.9. The topological polar surface area (TPSA) is 49.8 Å². The molecule has 1 amide bonds. The lowest BCUT2D eigenvalue weighted by Crippen LogP contribution is -2.38. The van der Waals surface area contributed by atoms with E-state index in [0.717, 1.165) is 12.0 Å². The van der Waals surface area contributed by atoms with Gasteiger partial charge in [-0.05, 0) is 12.0 Å². The Labute approximate surface area is 115 Å². The van der Waals surface area contributed by atoms with Crippen LogP contribution >= 0.6 is 0 Å². The van der Waals surface area contributed by atoms with Gasteiger partial charge in [0.25, 0.3) is 0 Å². The molecule has 0 saturated heterocycles. The molecule has 0 aliphatic heterocycles. The van der Waals surface area contributed by atoms with E-state index >= 15 is 0 Å². The number of rotatable bonds is 7. The number of hydrogen-bond acceptors (Lipinski definition) is 3. The minimum atomic E-state index is -0.646. The van der Waals surface area contributed by atoms with Gasteiger partial charge in [-0.15, -0.1) is 0 Å². The second-order valence-corrected chi connectivity index (χ2v) is 4.70.